The molecule has 0 aromatic heterocycles. The number of halogens is 3. The van der Waals surface area contributed by atoms with Gasteiger partial charge in [-0.1, -0.05) is 30.4 Å². The summed E-state index contributed by atoms with van der Waals surface area (Å²) in [5.74, 6) is -0.114. The number of benzene rings is 2. The van der Waals surface area contributed by atoms with Gasteiger partial charge in [-0.2, -0.15) is 21.6 Å². The van der Waals surface area contributed by atoms with E-state index in [2.05, 4.69) is 0 Å². The molecule has 0 aliphatic heterocycles. The second kappa shape index (κ2) is 7.18. The van der Waals surface area contributed by atoms with Crippen LogP contribution in [0.2, 0.25) is 0 Å². The first-order valence-corrected chi connectivity index (χ1v) is 8.51. The average Bonchev–Trinajstić information content (AvgIpc) is 2.55. The smallest absolute Gasteiger partial charge is 0.417 e. The van der Waals surface area contributed by atoms with Gasteiger partial charge in [-0.15, -0.1) is 0 Å². The molecule has 0 aliphatic carbocycles. The van der Waals surface area contributed by atoms with Crippen molar-refractivity contribution in [3.63, 3.8) is 0 Å². The Balaban J connectivity index is 2.47. The third-order valence-corrected chi connectivity index (χ3v) is 4.50. The lowest BCUT2D eigenvalue weighted by atomic mass is 10.2. The molecule has 8 heteroatoms. The number of rotatable bonds is 5. The molecule has 0 spiro atoms. The van der Waals surface area contributed by atoms with Crippen LogP contribution in [-0.2, 0) is 16.3 Å². The number of methoxy groups -OCH3 is 1. The molecule has 0 amide bonds. The molecule has 4 nitrogen and oxygen atoms in total. The second-order valence-corrected chi connectivity index (χ2v) is 6.46. The lowest BCUT2D eigenvalue weighted by molar-refractivity contribution is -0.139. The Hall–Kier alpha value is -2.48. The highest BCUT2D eigenvalue weighted by Crippen LogP contribution is 2.36. The van der Waals surface area contributed by atoms with E-state index in [4.69, 9.17) is 8.92 Å². The number of alkyl halides is 3. The van der Waals surface area contributed by atoms with E-state index in [-0.39, 0.29) is 11.5 Å². The van der Waals surface area contributed by atoms with Gasteiger partial charge in [0.1, 0.15) is 4.90 Å². The molecule has 0 bridgehead atoms. The zero-order valence-electron chi connectivity index (χ0n) is 13.4. The number of ether oxygens (including phenoxy) is 1. The van der Waals surface area contributed by atoms with Crippen molar-refractivity contribution in [1.29, 1.82) is 0 Å². The first kappa shape index (κ1) is 18.9. The summed E-state index contributed by atoms with van der Waals surface area (Å²) >= 11 is 0. The minimum Gasteiger partial charge on any atom is -0.493 e. The fourth-order valence-electron chi connectivity index (χ4n) is 2.13. The van der Waals surface area contributed by atoms with Crippen molar-refractivity contribution < 1.29 is 30.5 Å². The molecule has 25 heavy (non-hydrogen) atoms. The Kier molecular flexibility index (Phi) is 5.42. The molecular weight excluding hydrogens is 357 g/mol. The molecule has 0 N–H and O–H groups in total. The molecule has 0 aliphatic rings. The zero-order valence-corrected chi connectivity index (χ0v) is 14.2. The highest BCUT2D eigenvalue weighted by molar-refractivity contribution is 7.87. The summed E-state index contributed by atoms with van der Waals surface area (Å²) in [7, 11) is -3.40. The molecule has 2 aromatic rings. The van der Waals surface area contributed by atoms with Crippen LogP contribution in [0, 0.1) is 0 Å². The first-order chi connectivity index (χ1) is 11.7. The molecule has 0 atom stereocenters. The van der Waals surface area contributed by atoms with Gasteiger partial charge in [-0.05, 0) is 36.8 Å². The number of hydrogen-bond acceptors (Lipinski definition) is 4. The summed E-state index contributed by atoms with van der Waals surface area (Å²) in [5, 5.41) is 0. The maximum absolute atomic E-state index is 13.0. The van der Waals surface area contributed by atoms with Crippen LogP contribution >= 0.6 is 0 Å². The Morgan fingerprint density at radius 3 is 2.32 bits per heavy atom. The van der Waals surface area contributed by atoms with Gasteiger partial charge in [0, 0.05) is 0 Å². The van der Waals surface area contributed by atoms with E-state index in [1.54, 1.807) is 25.1 Å². The Morgan fingerprint density at radius 2 is 1.72 bits per heavy atom. The number of allylic oxidation sites excluding steroid dienone is 1. The van der Waals surface area contributed by atoms with E-state index in [1.807, 2.05) is 0 Å². The molecule has 2 rings (SSSR count). The van der Waals surface area contributed by atoms with Gasteiger partial charge in [0.15, 0.2) is 11.5 Å². The van der Waals surface area contributed by atoms with Gasteiger partial charge >= 0.3 is 16.3 Å². The summed E-state index contributed by atoms with van der Waals surface area (Å²) in [6, 6.07) is 8.22. The number of hydrogen-bond donors (Lipinski definition) is 0. The predicted octanol–water partition coefficient (Wildman–Crippen LogP) is 4.51. The van der Waals surface area contributed by atoms with E-state index in [9.17, 15) is 21.6 Å². The fourth-order valence-corrected chi connectivity index (χ4v) is 3.29. The summed E-state index contributed by atoms with van der Waals surface area (Å²) in [4.78, 5) is -0.956. The lowest BCUT2D eigenvalue weighted by Gasteiger charge is -2.15. The molecule has 0 heterocycles. The highest BCUT2D eigenvalue weighted by atomic mass is 32.2. The normalized spacial score (nSPS) is 12.4. The van der Waals surface area contributed by atoms with Gasteiger partial charge in [0.25, 0.3) is 0 Å². The van der Waals surface area contributed by atoms with Crippen LogP contribution in [0.5, 0.6) is 11.5 Å². The van der Waals surface area contributed by atoms with Crippen molar-refractivity contribution in [2.45, 2.75) is 18.0 Å². The fraction of sp³-hybridized carbons (Fsp3) is 0.176. The quantitative estimate of drug-likeness (QED) is 0.725. The minimum atomic E-state index is -4.83. The van der Waals surface area contributed by atoms with Crippen molar-refractivity contribution in [3.8, 4) is 11.5 Å². The summed E-state index contributed by atoms with van der Waals surface area (Å²) in [6.07, 6.45) is -1.31. The van der Waals surface area contributed by atoms with Crippen LogP contribution in [0.3, 0.4) is 0 Å². The molecule has 0 saturated heterocycles. The molecule has 2 aromatic carbocycles. The third kappa shape index (κ3) is 4.33. The van der Waals surface area contributed by atoms with Gasteiger partial charge in [-0.3, -0.25) is 0 Å². The van der Waals surface area contributed by atoms with Gasteiger partial charge < -0.3 is 8.92 Å². The van der Waals surface area contributed by atoms with Gasteiger partial charge in [0.2, 0.25) is 0 Å². The topological polar surface area (TPSA) is 52.6 Å². The van der Waals surface area contributed by atoms with E-state index >= 15 is 0 Å². The Morgan fingerprint density at radius 1 is 1.04 bits per heavy atom. The average molecular weight is 372 g/mol. The van der Waals surface area contributed by atoms with Crippen molar-refractivity contribution in [3.05, 3.63) is 59.7 Å². The Bertz CT molecular complexity index is 887. The van der Waals surface area contributed by atoms with Gasteiger partial charge in [0.05, 0.1) is 12.7 Å². The second-order valence-electron chi connectivity index (χ2n) is 4.94. The van der Waals surface area contributed by atoms with E-state index in [1.165, 1.54) is 25.3 Å². The van der Waals surface area contributed by atoms with Crippen molar-refractivity contribution >= 4 is 16.2 Å². The molecule has 0 saturated carbocycles. The summed E-state index contributed by atoms with van der Waals surface area (Å²) in [5.41, 5.74) is -0.570. The van der Waals surface area contributed by atoms with E-state index in [0.717, 1.165) is 17.7 Å². The van der Waals surface area contributed by atoms with Crippen LogP contribution < -0.4 is 8.92 Å². The van der Waals surface area contributed by atoms with Crippen molar-refractivity contribution in [2.24, 2.45) is 0 Å². The molecule has 134 valence electrons. The van der Waals surface area contributed by atoms with Crippen molar-refractivity contribution in [2.75, 3.05) is 7.11 Å². The van der Waals surface area contributed by atoms with Crippen LogP contribution in [0.15, 0.2) is 53.4 Å². The van der Waals surface area contributed by atoms with Crippen LogP contribution in [0.1, 0.15) is 18.1 Å². The van der Waals surface area contributed by atoms with Gasteiger partial charge in [-0.25, -0.2) is 0 Å². The predicted molar refractivity (Wildman–Crippen MR) is 87.0 cm³/mol. The molecule has 0 unspecified atom stereocenters. The summed E-state index contributed by atoms with van der Waals surface area (Å²) < 4.78 is 73.8. The maximum Gasteiger partial charge on any atom is 0.417 e. The van der Waals surface area contributed by atoms with Crippen LogP contribution in [0.4, 0.5) is 13.2 Å². The standard InChI is InChI=1S/C17H15F3O4S/c1-3-6-12-9-10-14(15(11-12)23-2)24-25(21,22)16-8-5-4-7-13(16)17(18,19)20/h3-11H,1-2H3. The maximum atomic E-state index is 13.0. The van der Waals surface area contributed by atoms with E-state index < -0.39 is 26.8 Å². The lowest BCUT2D eigenvalue weighted by Crippen LogP contribution is -2.17. The van der Waals surface area contributed by atoms with Crippen LogP contribution in [0.25, 0.3) is 6.08 Å². The summed E-state index contributed by atoms with van der Waals surface area (Å²) in [6.45, 7) is 1.80. The Labute approximate surface area is 143 Å². The SMILES string of the molecule is CC=Cc1ccc(OS(=O)(=O)c2ccccc2C(F)(F)F)c(OC)c1. The van der Waals surface area contributed by atoms with E-state index in [0.29, 0.717) is 6.07 Å². The zero-order chi connectivity index (χ0) is 18.7. The van der Waals surface area contributed by atoms with Crippen LogP contribution in [-0.4, -0.2) is 15.5 Å². The largest absolute Gasteiger partial charge is 0.493 e. The highest BCUT2D eigenvalue weighted by Gasteiger charge is 2.37. The molecule has 0 fully saturated rings. The van der Waals surface area contributed by atoms with Crippen molar-refractivity contribution in [1.82, 2.24) is 0 Å². The minimum absolute atomic E-state index is 0.0867. The third-order valence-electron chi connectivity index (χ3n) is 3.21. The first-order valence-electron chi connectivity index (χ1n) is 7.10. The monoisotopic (exact) mass is 372 g/mol. The molecule has 0 radical (unpaired) electrons. The molecular formula is C17H15F3O4S.